The van der Waals surface area contributed by atoms with Crippen LogP contribution in [-0.2, 0) is 14.8 Å². The molecular weight excluding hydrogens is 411 g/mol. The highest BCUT2D eigenvalue weighted by Crippen LogP contribution is 2.35. The summed E-state index contributed by atoms with van der Waals surface area (Å²) >= 11 is 12.0. The molecule has 1 amide bonds. The zero-order chi connectivity index (χ0) is 20.2. The number of rotatable bonds is 7. The van der Waals surface area contributed by atoms with E-state index in [-0.39, 0.29) is 12.1 Å². The van der Waals surface area contributed by atoms with Crippen molar-refractivity contribution in [2.45, 2.75) is 19.4 Å². The molecule has 0 aliphatic heterocycles. The molecule has 0 fully saturated rings. The van der Waals surface area contributed by atoms with Crippen molar-refractivity contribution in [2.75, 3.05) is 23.0 Å². The summed E-state index contributed by atoms with van der Waals surface area (Å²) in [6.07, 6.45) is 1.26. The monoisotopic (exact) mass is 430 g/mol. The smallest absolute Gasteiger partial charge is 0.248 e. The first-order chi connectivity index (χ1) is 12.7. The molecule has 0 radical (unpaired) electrons. The summed E-state index contributed by atoms with van der Waals surface area (Å²) in [5, 5.41) is 3.48. The summed E-state index contributed by atoms with van der Waals surface area (Å²) in [5.41, 5.74) is 0.665. The molecular formula is C18H20Cl2N2O4S. The molecule has 0 saturated heterocycles. The first kappa shape index (κ1) is 21.3. The van der Waals surface area contributed by atoms with Gasteiger partial charge in [-0.1, -0.05) is 36.2 Å². The fraction of sp³-hybridized carbons (Fsp3) is 0.278. The van der Waals surface area contributed by atoms with Crippen molar-refractivity contribution >= 4 is 50.5 Å². The average Bonchev–Trinajstić information content (AvgIpc) is 2.58. The van der Waals surface area contributed by atoms with Crippen LogP contribution in [0.2, 0.25) is 10.0 Å². The lowest BCUT2D eigenvalue weighted by Crippen LogP contribution is -2.47. The van der Waals surface area contributed by atoms with Crippen molar-refractivity contribution in [3.63, 3.8) is 0 Å². The first-order valence-corrected chi connectivity index (χ1v) is 10.7. The van der Waals surface area contributed by atoms with E-state index in [0.29, 0.717) is 21.5 Å². The van der Waals surface area contributed by atoms with Crippen LogP contribution in [0.4, 0.5) is 11.4 Å². The number of sulfonamides is 1. The van der Waals surface area contributed by atoms with Gasteiger partial charge in [0.15, 0.2) is 0 Å². The minimum absolute atomic E-state index is 0.195. The molecule has 1 atom stereocenters. The molecule has 9 heteroatoms. The van der Waals surface area contributed by atoms with Crippen LogP contribution in [0, 0.1) is 0 Å². The van der Waals surface area contributed by atoms with Gasteiger partial charge in [-0.25, -0.2) is 8.42 Å². The second kappa shape index (κ2) is 8.82. The molecule has 0 spiro atoms. The maximum absolute atomic E-state index is 12.9. The van der Waals surface area contributed by atoms with Gasteiger partial charge in [-0.2, -0.15) is 0 Å². The molecule has 0 aliphatic carbocycles. The lowest BCUT2D eigenvalue weighted by Gasteiger charge is -2.31. The Hall–Kier alpha value is -1.96. The lowest BCUT2D eigenvalue weighted by atomic mass is 10.1. The average molecular weight is 431 g/mol. The van der Waals surface area contributed by atoms with E-state index in [2.05, 4.69) is 5.32 Å². The number of hydrogen-bond donors (Lipinski definition) is 1. The van der Waals surface area contributed by atoms with E-state index < -0.39 is 22.0 Å². The summed E-state index contributed by atoms with van der Waals surface area (Å²) in [6.45, 7) is 1.72. The predicted molar refractivity (Wildman–Crippen MR) is 109 cm³/mol. The van der Waals surface area contributed by atoms with Gasteiger partial charge in [-0.15, -0.1) is 0 Å². The quantitative estimate of drug-likeness (QED) is 0.714. The van der Waals surface area contributed by atoms with Gasteiger partial charge in [0.25, 0.3) is 0 Å². The van der Waals surface area contributed by atoms with Gasteiger partial charge in [-0.05, 0) is 42.8 Å². The van der Waals surface area contributed by atoms with Crippen LogP contribution in [0.25, 0.3) is 0 Å². The zero-order valence-corrected chi connectivity index (χ0v) is 17.4. The number of ether oxygens (including phenoxy) is 1. The Morgan fingerprint density at radius 2 is 1.85 bits per heavy atom. The second-order valence-corrected chi connectivity index (χ2v) is 8.53. The van der Waals surface area contributed by atoms with Gasteiger partial charge in [0.05, 0.1) is 19.1 Å². The Labute approximate surface area is 169 Å². The molecule has 6 nitrogen and oxygen atoms in total. The van der Waals surface area contributed by atoms with Crippen LogP contribution >= 0.6 is 23.2 Å². The summed E-state index contributed by atoms with van der Waals surface area (Å²) in [7, 11) is -2.40. The van der Waals surface area contributed by atoms with E-state index in [1.165, 1.54) is 13.2 Å². The third-order valence-electron chi connectivity index (χ3n) is 3.80. The number of hydrogen-bond acceptors (Lipinski definition) is 4. The molecule has 0 aliphatic rings. The van der Waals surface area contributed by atoms with Gasteiger partial charge in [0.2, 0.25) is 15.9 Å². The molecule has 1 unspecified atom stereocenters. The van der Waals surface area contributed by atoms with Gasteiger partial charge in [0.1, 0.15) is 11.8 Å². The van der Waals surface area contributed by atoms with E-state index in [0.717, 1.165) is 10.6 Å². The molecule has 146 valence electrons. The molecule has 1 N–H and O–H groups in total. The number of halogens is 2. The maximum atomic E-state index is 12.9. The van der Waals surface area contributed by atoms with Crippen molar-refractivity contribution in [3.8, 4) is 5.75 Å². The minimum atomic E-state index is -3.82. The molecule has 2 rings (SSSR count). The highest BCUT2D eigenvalue weighted by molar-refractivity contribution is 7.92. The maximum Gasteiger partial charge on any atom is 0.248 e. The molecule has 0 aromatic heterocycles. The largest absolute Gasteiger partial charge is 0.495 e. The molecule has 2 aromatic rings. The highest BCUT2D eigenvalue weighted by Gasteiger charge is 2.33. The standard InChI is InChI=1S/C18H20Cl2N2O4S/c1-4-15(18(23)21-14-7-5-6-12(19)10-14)22(27(3,24)25)16-11-13(20)8-9-17(16)26-2/h5-11,15H,4H2,1-3H3,(H,21,23). The minimum Gasteiger partial charge on any atom is -0.495 e. The van der Waals surface area contributed by atoms with Crippen LogP contribution in [0.3, 0.4) is 0 Å². The van der Waals surface area contributed by atoms with Gasteiger partial charge < -0.3 is 10.1 Å². The van der Waals surface area contributed by atoms with Crippen molar-refractivity contribution in [2.24, 2.45) is 0 Å². The Balaban J connectivity index is 2.48. The first-order valence-electron chi connectivity index (χ1n) is 8.06. The second-order valence-electron chi connectivity index (χ2n) is 5.80. The van der Waals surface area contributed by atoms with Crippen molar-refractivity contribution in [1.29, 1.82) is 0 Å². The number of nitrogens with one attached hydrogen (secondary N) is 1. The third kappa shape index (κ3) is 5.28. The van der Waals surface area contributed by atoms with Gasteiger partial charge in [0, 0.05) is 15.7 Å². The van der Waals surface area contributed by atoms with Crippen LogP contribution in [0.15, 0.2) is 42.5 Å². The molecule has 0 heterocycles. The summed E-state index contributed by atoms with van der Waals surface area (Å²) in [4.78, 5) is 12.9. The lowest BCUT2D eigenvalue weighted by molar-refractivity contribution is -0.117. The zero-order valence-electron chi connectivity index (χ0n) is 15.1. The number of carbonyl (C=O) groups excluding carboxylic acids is 1. The van der Waals surface area contributed by atoms with E-state index >= 15 is 0 Å². The number of nitrogens with zero attached hydrogens (tertiary/aromatic N) is 1. The van der Waals surface area contributed by atoms with Crippen molar-refractivity contribution < 1.29 is 17.9 Å². The number of benzene rings is 2. The Bertz CT molecular complexity index is 935. The van der Waals surface area contributed by atoms with E-state index in [9.17, 15) is 13.2 Å². The Kier molecular flexibility index (Phi) is 6.97. The summed E-state index contributed by atoms with van der Waals surface area (Å²) in [6, 6.07) is 10.2. The van der Waals surface area contributed by atoms with Crippen LogP contribution in [0.1, 0.15) is 13.3 Å². The van der Waals surface area contributed by atoms with Gasteiger partial charge >= 0.3 is 0 Å². The molecule has 2 aromatic carbocycles. The van der Waals surface area contributed by atoms with E-state index in [1.54, 1.807) is 43.3 Å². The third-order valence-corrected chi connectivity index (χ3v) is 5.44. The van der Waals surface area contributed by atoms with E-state index in [1.807, 2.05) is 0 Å². The van der Waals surface area contributed by atoms with Crippen LogP contribution in [0.5, 0.6) is 5.75 Å². The fourth-order valence-electron chi connectivity index (χ4n) is 2.66. The summed E-state index contributed by atoms with van der Waals surface area (Å²) < 4.78 is 31.4. The van der Waals surface area contributed by atoms with Crippen molar-refractivity contribution in [3.05, 3.63) is 52.5 Å². The fourth-order valence-corrected chi connectivity index (χ4v) is 4.23. The molecule has 0 saturated carbocycles. The summed E-state index contributed by atoms with van der Waals surface area (Å²) in [5.74, 6) is -0.203. The van der Waals surface area contributed by atoms with Crippen molar-refractivity contribution in [1.82, 2.24) is 0 Å². The normalized spacial score (nSPS) is 12.3. The topological polar surface area (TPSA) is 75.7 Å². The SMILES string of the molecule is CCC(C(=O)Nc1cccc(Cl)c1)N(c1cc(Cl)ccc1OC)S(C)(=O)=O. The number of methoxy groups -OCH3 is 1. The number of carbonyl (C=O) groups is 1. The number of amides is 1. The highest BCUT2D eigenvalue weighted by atomic mass is 35.5. The predicted octanol–water partition coefficient (Wildman–Crippen LogP) is 4.19. The molecule has 0 bridgehead atoms. The van der Waals surface area contributed by atoms with E-state index in [4.69, 9.17) is 27.9 Å². The Morgan fingerprint density at radius 1 is 1.19 bits per heavy atom. The Morgan fingerprint density at radius 3 is 2.41 bits per heavy atom. The van der Waals surface area contributed by atoms with Crippen LogP contribution < -0.4 is 14.4 Å². The molecule has 27 heavy (non-hydrogen) atoms. The number of anilines is 2. The van der Waals surface area contributed by atoms with Crippen LogP contribution in [-0.4, -0.2) is 33.7 Å². The van der Waals surface area contributed by atoms with Gasteiger partial charge in [-0.3, -0.25) is 9.10 Å².